The molecular weight excluding hydrogens is 278 g/mol. The number of carbonyl (C=O) groups excluding carboxylic acids is 3. The smallest absolute Gasteiger partial charge is 0.261 e. The van der Waals surface area contributed by atoms with Crippen LogP contribution in [0, 0.1) is 0 Å². The van der Waals surface area contributed by atoms with Crippen molar-refractivity contribution in [2.24, 2.45) is 0 Å². The van der Waals surface area contributed by atoms with Crippen LogP contribution in [0.1, 0.15) is 43.1 Å². The van der Waals surface area contributed by atoms with Crippen LogP contribution in [0.15, 0.2) is 48.5 Å². The number of hydrogen-bond donors (Lipinski definition) is 0. The van der Waals surface area contributed by atoms with Gasteiger partial charge in [-0.25, -0.2) is 0 Å². The second-order valence-electron chi connectivity index (χ2n) is 5.23. The van der Waals surface area contributed by atoms with Gasteiger partial charge in [-0.05, 0) is 30.5 Å². The summed E-state index contributed by atoms with van der Waals surface area (Å²) in [5, 5.41) is 0. The van der Waals surface area contributed by atoms with Crippen molar-refractivity contribution < 1.29 is 14.4 Å². The van der Waals surface area contributed by atoms with Crippen LogP contribution in [0.25, 0.3) is 0 Å². The lowest BCUT2D eigenvalue weighted by Gasteiger charge is -2.13. The number of amides is 2. The molecule has 0 fully saturated rings. The topological polar surface area (TPSA) is 54.5 Å². The molecular formula is C18H15NO3. The van der Waals surface area contributed by atoms with E-state index in [2.05, 4.69) is 0 Å². The molecule has 0 bridgehead atoms. The minimum absolute atomic E-state index is 0.232. The number of rotatable bonds is 5. The van der Waals surface area contributed by atoms with Gasteiger partial charge in [-0.3, -0.25) is 19.3 Å². The largest absolute Gasteiger partial charge is 0.298 e. The van der Waals surface area contributed by atoms with Gasteiger partial charge in [0.2, 0.25) is 0 Å². The maximum Gasteiger partial charge on any atom is 0.261 e. The zero-order valence-corrected chi connectivity index (χ0v) is 12.0. The molecule has 110 valence electrons. The second-order valence-corrected chi connectivity index (χ2v) is 5.23. The summed E-state index contributed by atoms with van der Waals surface area (Å²) in [6, 6.07) is 14.2. The SMILES string of the molecule is O=Cc1ccccc1CCCN1C(=O)c2ccccc2C1=O. The molecule has 0 radical (unpaired) electrons. The molecule has 2 amide bonds. The quantitative estimate of drug-likeness (QED) is 0.629. The summed E-state index contributed by atoms with van der Waals surface area (Å²) in [7, 11) is 0. The average molecular weight is 293 g/mol. The molecule has 1 aliphatic rings. The number of benzene rings is 2. The zero-order valence-electron chi connectivity index (χ0n) is 12.0. The Bertz CT molecular complexity index is 717. The third-order valence-corrected chi connectivity index (χ3v) is 3.89. The molecule has 4 nitrogen and oxygen atoms in total. The molecule has 22 heavy (non-hydrogen) atoms. The van der Waals surface area contributed by atoms with Gasteiger partial charge in [-0.15, -0.1) is 0 Å². The van der Waals surface area contributed by atoms with Crippen molar-refractivity contribution in [3.8, 4) is 0 Å². The molecule has 0 spiro atoms. The number of carbonyl (C=O) groups is 3. The summed E-state index contributed by atoms with van der Waals surface area (Å²) in [6.07, 6.45) is 2.12. The van der Waals surface area contributed by atoms with Crippen molar-refractivity contribution in [1.82, 2.24) is 4.90 Å². The number of aldehydes is 1. The van der Waals surface area contributed by atoms with E-state index in [-0.39, 0.29) is 11.8 Å². The molecule has 0 aliphatic carbocycles. The summed E-state index contributed by atoms with van der Waals surface area (Å²) < 4.78 is 0. The van der Waals surface area contributed by atoms with E-state index in [1.54, 1.807) is 30.3 Å². The molecule has 3 rings (SSSR count). The first-order valence-corrected chi connectivity index (χ1v) is 7.20. The number of imide groups is 1. The van der Waals surface area contributed by atoms with Crippen LogP contribution >= 0.6 is 0 Å². The van der Waals surface area contributed by atoms with Gasteiger partial charge in [-0.2, -0.15) is 0 Å². The highest BCUT2D eigenvalue weighted by Gasteiger charge is 2.34. The van der Waals surface area contributed by atoms with Crippen molar-refractivity contribution in [3.05, 3.63) is 70.8 Å². The van der Waals surface area contributed by atoms with Gasteiger partial charge >= 0.3 is 0 Å². The van der Waals surface area contributed by atoms with E-state index in [0.29, 0.717) is 36.1 Å². The Kier molecular flexibility index (Phi) is 3.83. The number of hydrogen-bond acceptors (Lipinski definition) is 3. The normalized spacial score (nSPS) is 13.4. The third-order valence-electron chi connectivity index (χ3n) is 3.89. The number of aryl methyl sites for hydroxylation is 1. The second kappa shape index (κ2) is 5.93. The Labute approximate surface area is 128 Å². The molecule has 0 saturated heterocycles. The zero-order chi connectivity index (χ0) is 15.5. The summed E-state index contributed by atoms with van der Waals surface area (Å²) in [5.74, 6) is -0.464. The van der Waals surface area contributed by atoms with Crippen molar-refractivity contribution in [2.75, 3.05) is 6.54 Å². The van der Waals surface area contributed by atoms with Crippen molar-refractivity contribution >= 4 is 18.1 Å². The van der Waals surface area contributed by atoms with Crippen LogP contribution in [-0.2, 0) is 6.42 Å². The molecule has 4 heteroatoms. The summed E-state index contributed by atoms with van der Waals surface area (Å²) in [6.45, 7) is 0.361. The Morgan fingerprint density at radius 3 is 2.09 bits per heavy atom. The van der Waals surface area contributed by atoms with E-state index in [0.717, 1.165) is 11.8 Å². The average Bonchev–Trinajstić information content (AvgIpc) is 2.80. The van der Waals surface area contributed by atoms with E-state index < -0.39 is 0 Å². The number of fused-ring (bicyclic) bond motifs is 1. The summed E-state index contributed by atoms with van der Waals surface area (Å²) in [4.78, 5) is 36.7. The van der Waals surface area contributed by atoms with Crippen LogP contribution in [0.5, 0.6) is 0 Å². The van der Waals surface area contributed by atoms with Crippen molar-refractivity contribution in [3.63, 3.8) is 0 Å². The van der Waals surface area contributed by atoms with Gasteiger partial charge < -0.3 is 0 Å². The fraction of sp³-hybridized carbons (Fsp3) is 0.167. The minimum Gasteiger partial charge on any atom is -0.298 e. The highest BCUT2D eigenvalue weighted by molar-refractivity contribution is 6.21. The lowest BCUT2D eigenvalue weighted by Crippen LogP contribution is -2.31. The van der Waals surface area contributed by atoms with E-state index in [9.17, 15) is 14.4 Å². The molecule has 2 aromatic rings. The lowest BCUT2D eigenvalue weighted by atomic mass is 10.0. The van der Waals surface area contributed by atoms with Gasteiger partial charge in [0.1, 0.15) is 6.29 Å². The van der Waals surface area contributed by atoms with Crippen LogP contribution in [0.3, 0.4) is 0 Å². The Hall–Kier alpha value is -2.75. The van der Waals surface area contributed by atoms with Gasteiger partial charge in [0, 0.05) is 12.1 Å². The molecule has 2 aromatic carbocycles. The first kappa shape index (κ1) is 14.2. The van der Waals surface area contributed by atoms with Crippen molar-refractivity contribution in [2.45, 2.75) is 12.8 Å². The molecule has 0 atom stereocenters. The predicted octanol–water partition coefficient (Wildman–Crippen LogP) is 2.73. The van der Waals surface area contributed by atoms with Crippen molar-refractivity contribution in [1.29, 1.82) is 0 Å². The molecule has 0 unspecified atom stereocenters. The van der Waals surface area contributed by atoms with Gasteiger partial charge in [-0.1, -0.05) is 36.4 Å². The van der Waals surface area contributed by atoms with E-state index in [4.69, 9.17) is 0 Å². The fourth-order valence-corrected chi connectivity index (χ4v) is 2.75. The summed E-state index contributed by atoms with van der Waals surface area (Å²) in [5.41, 5.74) is 2.54. The Morgan fingerprint density at radius 2 is 1.45 bits per heavy atom. The molecule has 0 aromatic heterocycles. The van der Waals surface area contributed by atoms with Crippen LogP contribution in [0.2, 0.25) is 0 Å². The first-order valence-electron chi connectivity index (χ1n) is 7.20. The standard InChI is InChI=1S/C18H15NO3/c20-12-14-7-2-1-6-13(14)8-5-11-19-17(21)15-9-3-4-10-16(15)18(19)22/h1-4,6-7,9-10,12H,5,8,11H2. The van der Waals surface area contributed by atoms with Crippen LogP contribution < -0.4 is 0 Å². The maximum atomic E-state index is 12.2. The third kappa shape index (κ3) is 2.44. The van der Waals surface area contributed by atoms with Gasteiger partial charge in [0.15, 0.2) is 0 Å². The van der Waals surface area contributed by atoms with E-state index in [1.165, 1.54) is 4.90 Å². The first-order chi connectivity index (χ1) is 10.7. The van der Waals surface area contributed by atoms with Gasteiger partial charge in [0.05, 0.1) is 11.1 Å². The predicted molar refractivity (Wildman–Crippen MR) is 82.0 cm³/mol. The summed E-state index contributed by atoms with van der Waals surface area (Å²) >= 11 is 0. The highest BCUT2D eigenvalue weighted by Crippen LogP contribution is 2.22. The lowest BCUT2D eigenvalue weighted by molar-refractivity contribution is 0.0652. The number of nitrogens with zero attached hydrogens (tertiary/aromatic N) is 1. The fourth-order valence-electron chi connectivity index (χ4n) is 2.75. The van der Waals surface area contributed by atoms with Crippen LogP contribution in [0.4, 0.5) is 0 Å². The van der Waals surface area contributed by atoms with Crippen LogP contribution in [-0.4, -0.2) is 29.5 Å². The molecule has 0 N–H and O–H groups in total. The maximum absolute atomic E-state index is 12.2. The highest BCUT2D eigenvalue weighted by atomic mass is 16.2. The minimum atomic E-state index is -0.232. The monoisotopic (exact) mass is 293 g/mol. The Morgan fingerprint density at radius 1 is 0.864 bits per heavy atom. The Balaban J connectivity index is 1.67. The molecule has 1 heterocycles. The van der Waals surface area contributed by atoms with Gasteiger partial charge in [0.25, 0.3) is 11.8 Å². The molecule has 0 saturated carbocycles. The van der Waals surface area contributed by atoms with E-state index >= 15 is 0 Å². The van der Waals surface area contributed by atoms with E-state index in [1.807, 2.05) is 18.2 Å². The molecule has 1 aliphatic heterocycles.